The van der Waals surface area contributed by atoms with Crippen molar-refractivity contribution >= 4 is 61.7 Å². The number of likely N-dealkylation sites (N-methyl/N-ethyl adjacent to an activating group) is 1. The van der Waals surface area contributed by atoms with Gasteiger partial charge in [0.2, 0.25) is 15.9 Å². The number of hydrogen-bond acceptors (Lipinski definition) is 8. The number of primary sulfonamides is 1. The molecule has 0 saturated carbocycles. The summed E-state index contributed by atoms with van der Waals surface area (Å²) < 4.78 is 25.0. The first-order chi connectivity index (χ1) is 18.2. The number of fused-ring (bicyclic) bond motifs is 1. The summed E-state index contributed by atoms with van der Waals surface area (Å²) in [6, 6.07) is 9.48. The summed E-state index contributed by atoms with van der Waals surface area (Å²) in [5, 5.41) is 12.7. The lowest BCUT2D eigenvalue weighted by Gasteiger charge is -2.11. The molecule has 15 heteroatoms. The summed E-state index contributed by atoms with van der Waals surface area (Å²) in [4.78, 5) is 35.8. The quantitative estimate of drug-likeness (QED) is 0.281. The number of anilines is 2. The van der Waals surface area contributed by atoms with Crippen molar-refractivity contribution < 1.29 is 13.2 Å². The predicted octanol–water partition coefficient (Wildman–Crippen LogP) is 2.22. The number of amides is 1. The van der Waals surface area contributed by atoms with Gasteiger partial charge in [-0.2, -0.15) is 0 Å². The Morgan fingerprint density at radius 3 is 2.26 bits per heavy atom. The first-order valence-corrected chi connectivity index (χ1v) is 13.8. The first-order valence-electron chi connectivity index (χ1n) is 11.5. The molecule has 4 aromatic rings. The van der Waals surface area contributed by atoms with E-state index in [0.29, 0.717) is 17.3 Å². The van der Waals surface area contributed by atoms with E-state index in [-0.39, 0.29) is 50.5 Å². The molecule has 1 amide bonds. The van der Waals surface area contributed by atoms with Crippen LogP contribution in [0.3, 0.4) is 0 Å². The Morgan fingerprint density at radius 1 is 1.10 bits per heavy atom. The lowest BCUT2D eigenvalue weighted by Crippen LogP contribution is -2.27. The highest BCUT2D eigenvalue weighted by Gasteiger charge is 2.24. The minimum absolute atomic E-state index is 0.0447. The van der Waals surface area contributed by atoms with Crippen LogP contribution >= 0.6 is 23.2 Å². The number of carbonyl (C=O) groups is 1. The van der Waals surface area contributed by atoms with Crippen LogP contribution in [0.15, 0.2) is 46.1 Å². The second kappa shape index (κ2) is 10.9. The molecule has 0 fully saturated rings. The monoisotopic (exact) mass is 592 g/mol. The van der Waals surface area contributed by atoms with Crippen molar-refractivity contribution in [1.82, 2.24) is 24.6 Å². The van der Waals surface area contributed by atoms with Crippen LogP contribution in [0.4, 0.5) is 11.5 Å². The van der Waals surface area contributed by atoms with Gasteiger partial charge in [-0.1, -0.05) is 35.3 Å². The second-order valence-electron chi connectivity index (χ2n) is 9.28. The van der Waals surface area contributed by atoms with Crippen molar-refractivity contribution in [3.05, 3.63) is 68.2 Å². The van der Waals surface area contributed by atoms with Gasteiger partial charge in [0.05, 0.1) is 21.5 Å². The zero-order valence-electron chi connectivity index (χ0n) is 21.5. The molecule has 0 unspecified atom stereocenters. The molecular weight excluding hydrogens is 567 g/mol. The van der Waals surface area contributed by atoms with Crippen LogP contribution in [-0.4, -0.2) is 73.7 Å². The highest BCUT2D eigenvalue weighted by Crippen LogP contribution is 2.34. The third kappa shape index (κ3) is 6.23. The number of sulfonamides is 1. The van der Waals surface area contributed by atoms with E-state index in [2.05, 4.69) is 20.4 Å². The third-order valence-corrected chi connectivity index (χ3v) is 7.06. The van der Waals surface area contributed by atoms with E-state index in [9.17, 15) is 18.0 Å². The standard InChI is InChI=1S/C24H26Cl2N8O4S/c1-32(2)12-19(35)28-14-7-5-13(6-8-14)9-18-29-22-20(24(36)30-18)23(33(3)4)31-34(22)21-16(25)10-15(11-17(21)26)39(27,37)38/h5-8,10-11H,9,12H2,1-4H3,(H,28,35)(H2,27,37,38)(H,29,30,36). The predicted molar refractivity (Wildman–Crippen MR) is 152 cm³/mol. The average Bonchev–Trinajstić information content (AvgIpc) is 3.19. The smallest absolute Gasteiger partial charge is 0.264 e. The van der Waals surface area contributed by atoms with E-state index >= 15 is 0 Å². The number of benzene rings is 2. The number of rotatable bonds is 8. The zero-order chi connectivity index (χ0) is 28.6. The molecule has 2 heterocycles. The van der Waals surface area contributed by atoms with Crippen LogP contribution in [-0.2, 0) is 21.2 Å². The average molecular weight is 593 g/mol. The van der Waals surface area contributed by atoms with Crippen LogP contribution < -0.4 is 20.9 Å². The molecule has 39 heavy (non-hydrogen) atoms. The molecule has 12 nitrogen and oxygen atoms in total. The Morgan fingerprint density at radius 2 is 1.72 bits per heavy atom. The molecule has 0 saturated heterocycles. The Labute approximate surface area is 234 Å². The number of halogens is 2. The minimum atomic E-state index is -4.06. The van der Waals surface area contributed by atoms with Crippen LogP contribution in [0, 0.1) is 0 Å². The maximum absolute atomic E-state index is 13.2. The molecule has 4 N–H and O–H groups in total. The summed E-state index contributed by atoms with van der Waals surface area (Å²) in [7, 11) is 2.98. The van der Waals surface area contributed by atoms with Crippen molar-refractivity contribution in [2.75, 3.05) is 45.0 Å². The first kappa shape index (κ1) is 28.5. The van der Waals surface area contributed by atoms with Gasteiger partial charge in [0, 0.05) is 26.2 Å². The molecule has 0 radical (unpaired) electrons. The lowest BCUT2D eigenvalue weighted by molar-refractivity contribution is -0.116. The van der Waals surface area contributed by atoms with Crippen molar-refractivity contribution in [3.63, 3.8) is 0 Å². The third-order valence-electron chi connectivity index (χ3n) is 5.59. The van der Waals surface area contributed by atoms with E-state index in [1.165, 1.54) is 4.68 Å². The van der Waals surface area contributed by atoms with Gasteiger partial charge in [0.1, 0.15) is 16.9 Å². The van der Waals surface area contributed by atoms with E-state index in [0.717, 1.165) is 17.7 Å². The van der Waals surface area contributed by atoms with E-state index in [1.54, 1.807) is 36.0 Å². The summed E-state index contributed by atoms with van der Waals surface area (Å²) in [5.74, 6) is 0.520. The Kier molecular flexibility index (Phi) is 8.00. The zero-order valence-corrected chi connectivity index (χ0v) is 23.8. The molecule has 0 bridgehead atoms. The molecule has 0 spiro atoms. The minimum Gasteiger partial charge on any atom is -0.361 e. The molecule has 206 valence electrons. The van der Waals surface area contributed by atoms with Gasteiger partial charge in [0.25, 0.3) is 5.56 Å². The van der Waals surface area contributed by atoms with Crippen LogP contribution in [0.1, 0.15) is 11.4 Å². The Hall–Kier alpha value is -3.49. The van der Waals surface area contributed by atoms with Crippen molar-refractivity contribution in [3.8, 4) is 5.69 Å². The molecule has 0 aliphatic heterocycles. The fourth-order valence-corrected chi connectivity index (χ4v) is 5.24. The van der Waals surface area contributed by atoms with Gasteiger partial charge in [-0.15, -0.1) is 5.10 Å². The van der Waals surface area contributed by atoms with Gasteiger partial charge in [-0.3, -0.25) is 9.59 Å². The number of aromatic nitrogens is 4. The molecule has 2 aromatic heterocycles. The summed E-state index contributed by atoms with van der Waals surface area (Å²) >= 11 is 12.9. The van der Waals surface area contributed by atoms with Crippen LogP contribution in [0.25, 0.3) is 16.7 Å². The normalized spacial score (nSPS) is 11.8. The highest BCUT2D eigenvalue weighted by atomic mass is 35.5. The fourth-order valence-electron chi connectivity index (χ4n) is 3.90. The maximum Gasteiger partial charge on any atom is 0.264 e. The number of nitrogens with two attached hydrogens (primary N) is 1. The van der Waals surface area contributed by atoms with Crippen LogP contribution in [0.5, 0.6) is 0 Å². The topological polar surface area (TPSA) is 159 Å². The number of nitrogens with one attached hydrogen (secondary N) is 2. The molecule has 0 aliphatic carbocycles. The van der Waals surface area contributed by atoms with Gasteiger partial charge in [-0.05, 0) is 43.9 Å². The second-order valence-corrected chi connectivity index (χ2v) is 11.7. The number of aromatic amines is 1. The molecular formula is C24H26Cl2N8O4S. The van der Waals surface area contributed by atoms with Gasteiger partial charge < -0.3 is 20.1 Å². The number of nitrogens with zero attached hydrogens (tertiary/aromatic N) is 5. The molecule has 0 atom stereocenters. The van der Waals surface area contributed by atoms with Crippen LogP contribution in [0.2, 0.25) is 10.0 Å². The van der Waals surface area contributed by atoms with E-state index in [4.69, 9.17) is 28.3 Å². The SMILES string of the molecule is CN(C)CC(=O)Nc1ccc(Cc2nc3c(c(N(C)C)nn3-c3c(Cl)cc(S(N)(=O)=O)cc3Cl)c(=O)[nH]2)cc1. The number of H-pyrrole nitrogens is 1. The Balaban J connectivity index is 1.76. The molecule has 0 aliphatic rings. The van der Waals surface area contributed by atoms with E-state index < -0.39 is 15.6 Å². The van der Waals surface area contributed by atoms with Gasteiger partial charge >= 0.3 is 0 Å². The summed E-state index contributed by atoms with van der Waals surface area (Å²) in [5.41, 5.74) is 1.37. The van der Waals surface area contributed by atoms with Gasteiger partial charge in [0.15, 0.2) is 11.5 Å². The van der Waals surface area contributed by atoms with E-state index in [1.807, 2.05) is 26.2 Å². The largest absolute Gasteiger partial charge is 0.361 e. The maximum atomic E-state index is 13.2. The Bertz CT molecular complexity index is 1710. The number of carbonyl (C=O) groups excluding carboxylic acids is 1. The number of hydrogen-bond donors (Lipinski definition) is 3. The summed E-state index contributed by atoms with van der Waals surface area (Å²) in [6.45, 7) is 0.258. The van der Waals surface area contributed by atoms with Crippen molar-refractivity contribution in [2.45, 2.75) is 11.3 Å². The molecule has 2 aromatic carbocycles. The molecule has 4 rings (SSSR count). The highest BCUT2D eigenvalue weighted by molar-refractivity contribution is 7.89. The van der Waals surface area contributed by atoms with Crippen molar-refractivity contribution in [2.24, 2.45) is 5.14 Å². The summed E-state index contributed by atoms with van der Waals surface area (Å²) in [6.07, 6.45) is 0.269. The lowest BCUT2D eigenvalue weighted by atomic mass is 10.1. The van der Waals surface area contributed by atoms with Crippen molar-refractivity contribution in [1.29, 1.82) is 0 Å². The fraction of sp³-hybridized carbons (Fsp3) is 0.250. The van der Waals surface area contributed by atoms with Gasteiger partial charge in [-0.25, -0.2) is 23.2 Å².